The first-order chi connectivity index (χ1) is 8.72. The summed E-state index contributed by atoms with van der Waals surface area (Å²) in [6.07, 6.45) is 1.83. The molecule has 0 fully saturated rings. The Morgan fingerprint density at radius 2 is 1.84 bits per heavy atom. The Kier molecular flexibility index (Phi) is 5.38. The molecular formula is C14H24N2O2S. The zero-order valence-electron chi connectivity index (χ0n) is 12.1. The maximum absolute atomic E-state index is 12.2. The molecule has 0 radical (unpaired) electrons. The van der Waals surface area contributed by atoms with E-state index in [0.29, 0.717) is 11.6 Å². The van der Waals surface area contributed by atoms with E-state index in [1.54, 1.807) is 12.1 Å². The molecule has 0 aliphatic rings. The van der Waals surface area contributed by atoms with Crippen molar-refractivity contribution in [3.63, 3.8) is 0 Å². The number of nitrogens with two attached hydrogens (primary N) is 1. The molecule has 0 aliphatic heterocycles. The summed E-state index contributed by atoms with van der Waals surface area (Å²) < 4.78 is 27.1. The van der Waals surface area contributed by atoms with Crippen LogP contribution in [0.2, 0.25) is 0 Å². The highest BCUT2D eigenvalue weighted by Crippen LogP contribution is 2.18. The molecule has 3 N–H and O–H groups in total. The van der Waals surface area contributed by atoms with Crippen LogP contribution in [0.3, 0.4) is 0 Å². The maximum Gasteiger partial charge on any atom is 0.240 e. The van der Waals surface area contributed by atoms with E-state index in [1.165, 1.54) is 6.07 Å². The third-order valence-corrected chi connectivity index (χ3v) is 4.68. The molecule has 4 nitrogen and oxygen atoms in total. The van der Waals surface area contributed by atoms with E-state index in [-0.39, 0.29) is 10.9 Å². The van der Waals surface area contributed by atoms with Gasteiger partial charge in [0.15, 0.2) is 0 Å². The van der Waals surface area contributed by atoms with E-state index in [1.807, 2.05) is 13.8 Å². The lowest BCUT2D eigenvalue weighted by Gasteiger charge is -2.15. The number of hydrogen-bond acceptors (Lipinski definition) is 3. The molecule has 1 aromatic rings. The van der Waals surface area contributed by atoms with Gasteiger partial charge in [0.2, 0.25) is 10.0 Å². The summed E-state index contributed by atoms with van der Waals surface area (Å²) in [5.41, 5.74) is 7.13. The van der Waals surface area contributed by atoms with Crippen molar-refractivity contribution in [3.8, 4) is 0 Å². The molecule has 0 bridgehead atoms. The van der Waals surface area contributed by atoms with Gasteiger partial charge in [-0.3, -0.25) is 0 Å². The fourth-order valence-corrected chi connectivity index (χ4v) is 3.07. The smallest absolute Gasteiger partial charge is 0.240 e. The normalized spacial score (nSPS) is 13.7. The second-order valence-electron chi connectivity index (χ2n) is 5.51. The van der Waals surface area contributed by atoms with Crippen molar-refractivity contribution in [3.05, 3.63) is 23.8 Å². The van der Waals surface area contributed by atoms with Gasteiger partial charge in [0.1, 0.15) is 0 Å². The molecule has 1 aromatic carbocycles. The Morgan fingerprint density at radius 3 is 2.37 bits per heavy atom. The predicted molar refractivity (Wildman–Crippen MR) is 79.4 cm³/mol. The lowest BCUT2D eigenvalue weighted by Crippen LogP contribution is -2.32. The van der Waals surface area contributed by atoms with Crippen LogP contribution in [-0.2, 0) is 10.0 Å². The quantitative estimate of drug-likeness (QED) is 0.789. The zero-order chi connectivity index (χ0) is 14.6. The zero-order valence-corrected chi connectivity index (χ0v) is 12.9. The first-order valence-corrected chi connectivity index (χ1v) is 8.09. The summed E-state index contributed by atoms with van der Waals surface area (Å²) in [5.74, 6) is 0.571. The molecule has 1 unspecified atom stereocenters. The van der Waals surface area contributed by atoms with Crippen molar-refractivity contribution in [2.75, 3.05) is 5.73 Å². The molecular weight excluding hydrogens is 260 g/mol. The highest BCUT2D eigenvalue weighted by atomic mass is 32.2. The van der Waals surface area contributed by atoms with E-state index in [4.69, 9.17) is 5.73 Å². The topological polar surface area (TPSA) is 72.2 Å². The van der Waals surface area contributed by atoms with Crippen LogP contribution in [0.4, 0.5) is 5.69 Å². The highest BCUT2D eigenvalue weighted by Gasteiger charge is 2.18. The van der Waals surface area contributed by atoms with Gasteiger partial charge in [0, 0.05) is 11.7 Å². The SMILES string of the molecule is Cc1ccc(S(=O)(=O)NC(C)CCC(C)C)cc1N. The number of nitrogen functional groups attached to an aromatic ring is 1. The van der Waals surface area contributed by atoms with Crippen molar-refractivity contribution in [2.45, 2.75) is 51.5 Å². The van der Waals surface area contributed by atoms with Crippen molar-refractivity contribution in [1.82, 2.24) is 4.72 Å². The molecule has 0 aromatic heterocycles. The fourth-order valence-electron chi connectivity index (χ4n) is 1.76. The molecule has 0 saturated carbocycles. The molecule has 0 spiro atoms. The molecule has 19 heavy (non-hydrogen) atoms. The van der Waals surface area contributed by atoms with Gasteiger partial charge >= 0.3 is 0 Å². The Bertz CT molecular complexity index is 524. The Balaban J connectivity index is 2.77. The third-order valence-electron chi connectivity index (χ3n) is 3.09. The van der Waals surface area contributed by atoms with Gasteiger partial charge in [0.25, 0.3) is 0 Å². The number of nitrogens with one attached hydrogen (secondary N) is 1. The lowest BCUT2D eigenvalue weighted by molar-refractivity contribution is 0.485. The van der Waals surface area contributed by atoms with E-state index < -0.39 is 10.0 Å². The number of rotatable bonds is 6. The minimum absolute atomic E-state index is 0.0741. The Morgan fingerprint density at radius 1 is 1.21 bits per heavy atom. The minimum atomic E-state index is -3.48. The number of anilines is 1. The molecule has 0 saturated heterocycles. The molecule has 5 heteroatoms. The van der Waals surface area contributed by atoms with Gasteiger partial charge in [-0.05, 0) is 50.3 Å². The van der Waals surface area contributed by atoms with Gasteiger partial charge in [-0.2, -0.15) is 0 Å². The standard InChI is InChI=1S/C14H24N2O2S/c1-10(2)5-7-12(4)16-19(17,18)13-8-6-11(3)14(15)9-13/h6,8-10,12,16H,5,7,15H2,1-4H3. The van der Waals surface area contributed by atoms with Gasteiger partial charge in [0.05, 0.1) is 4.90 Å². The van der Waals surface area contributed by atoms with E-state index >= 15 is 0 Å². The summed E-state index contributed by atoms with van der Waals surface area (Å²) in [6, 6.07) is 4.74. The van der Waals surface area contributed by atoms with Crippen molar-refractivity contribution < 1.29 is 8.42 Å². The van der Waals surface area contributed by atoms with Gasteiger partial charge < -0.3 is 5.73 Å². The average Bonchev–Trinajstić information content (AvgIpc) is 2.29. The van der Waals surface area contributed by atoms with Crippen molar-refractivity contribution in [1.29, 1.82) is 0 Å². The average molecular weight is 284 g/mol. The van der Waals surface area contributed by atoms with Crippen molar-refractivity contribution in [2.24, 2.45) is 5.92 Å². The summed E-state index contributed by atoms with van der Waals surface area (Å²) in [4.78, 5) is 0.229. The van der Waals surface area contributed by atoms with Gasteiger partial charge in [-0.25, -0.2) is 13.1 Å². The number of hydrogen-bond donors (Lipinski definition) is 2. The first kappa shape index (κ1) is 16.0. The Hall–Kier alpha value is -1.07. The molecule has 0 heterocycles. The van der Waals surface area contributed by atoms with Crippen LogP contribution < -0.4 is 10.5 Å². The number of aryl methyl sites for hydroxylation is 1. The van der Waals surface area contributed by atoms with Crippen LogP contribution in [0.1, 0.15) is 39.2 Å². The van der Waals surface area contributed by atoms with Crippen LogP contribution in [0.15, 0.2) is 23.1 Å². The molecule has 1 rings (SSSR count). The predicted octanol–water partition coefficient (Wildman–Crippen LogP) is 2.68. The number of sulfonamides is 1. The van der Waals surface area contributed by atoms with Crippen LogP contribution in [0.25, 0.3) is 0 Å². The summed E-state index contributed by atoms with van der Waals surface area (Å²) in [6.45, 7) is 7.99. The molecule has 0 amide bonds. The third kappa shape index (κ3) is 4.84. The maximum atomic E-state index is 12.2. The monoisotopic (exact) mass is 284 g/mol. The summed E-state index contributed by atoms with van der Waals surface area (Å²) >= 11 is 0. The second kappa shape index (κ2) is 6.39. The van der Waals surface area contributed by atoms with Crippen LogP contribution in [0.5, 0.6) is 0 Å². The van der Waals surface area contributed by atoms with E-state index in [9.17, 15) is 8.42 Å². The highest BCUT2D eigenvalue weighted by molar-refractivity contribution is 7.89. The summed E-state index contributed by atoms with van der Waals surface area (Å²) in [7, 11) is -3.48. The fraction of sp³-hybridized carbons (Fsp3) is 0.571. The van der Waals surface area contributed by atoms with Gasteiger partial charge in [-0.15, -0.1) is 0 Å². The second-order valence-corrected chi connectivity index (χ2v) is 7.23. The molecule has 0 aliphatic carbocycles. The summed E-state index contributed by atoms with van der Waals surface area (Å²) in [5, 5.41) is 0. The lowest BCUT2D eigenvalue weighted by atomic mass is 10.1. The first-order valence-electron chi connectivity index (χ1n) is 6.61. The van der Waals surface area contributed by atoms with Crippen LogP contribution in [-0.4, -0.2) is 14.5 Å². The minimum Gasteiger partial charge on any atom is -0.398 e. The Labute approximate surface area is 116 Å². The van der Waals surface area contributed by atoms with E-state index in [2.05, 4.69) is 18.6 Å². The molecule has 1 atom stereocenters. The number of benzene rings is 1. The van der Waals surface area contributed by atoms with Crippen molar-refractivity contribution >= 4 is 15.7 Å². The largest absolute Gasteiger partial charge is 0.398 e. The van der Waals surface area contributed by atoms with Gasteiger partial charge in [-0.1, -0.05) is 19.9 Å². The van der Waals surface area contributed by atoms with Crippen LogP contribution in [0, 0.1) is 12.8 Å². The van der Waals surface area contributed by atoms with E-state index in [0.717, 1.165) is 18.4 Å². The molecule has 108 valence electrons. The van der Waals surface area contributed by atoms with Crippen LogP contribution >= 0.6 is 0 Å².